The quantitative estimate of drug-likeness (QED) is 0.151. The van der Waals surface area contributed by atoms with Crippen LogP contribution < -0.4 is 0 Å². The second kappa shape index (κ2) is 15.2. The number of benzene rings is 9. The van der Waals surface area contributed by atoms with E-state index in [4.69, 9.17) is 19.9 Å². The first-order valence-electron chi connectivity index (χ1n) is 21.2. The van der Waals surface area contributed by atoms with E-state index in [0.717, 1.165) is 72.1 Å². The van der Waals surface area contributed by atoms with Crippen molar-refractivity contribution in [3.05, 3.63) is 224 Å². The molecule has 0 fully saturated rings. The summed E-state index contributed by atoms with van der Waals surface area (Å²) in [5, 5.41) is 5.90. The second-order valence-electron chi connectivity index (χ2n) is 15.8. The molecule has 0 saturated carbocycles. The molecule has 0 saturated heterocycles. The van der Waals surface area contributed by atoms with E-state index in [0.29, 0.717) is 17.5 Å². The van der Waals surface area contributed by atoms with Crippen LogP contribution in [-0.2, 0) is 0 Å². The molecule has 12 aromatic rings. The number of aromatic nitrogens is 5. The van der Waals surface area contributed by atoms with Crippen molar-refractivity contribution in [2.45, 2.75) is 0 Å². The van der Waals surface area contributed by atoms with Crippen LogP contribution in [0, 0.1) is 0 Å². The number of rotatable bonds is 7. The fourth-order valence-corrected chi connectivity index (χ4v) is 9.00. The smallest absolute Gasteiger partial charge is 0.164 e. The van der Waals surface area contributed by atoms with Crippen LogP contribution in [0.2, 0.25) is 0 Å². The van der Waals surface area contributed by atoms with Gasteiger partial charge in [0.1, 0.15) is 0 Å². The van der Waals surface area contributed by atoms with Crippen LogP contribution in [0.15, 0.2) is 224 Å². The lowest BCUT2D eigenvalue weighted by molar-refractivity contribution is 1.07. The van der Waals surface area contributed by atoms with E-state index >= 15 is 0 Å². The Balaban J connectivity index is 0.967. The third-order valence-electron chi connectivity index (χ3n) is 12.0. The highest BCUT2D eigenvalue weighted by molar-refractivity contribution is 6.21. The maximum Gasteiger partial charge on any atom is 0.164 e. The van der Waals surface area contributed by atoms with Crippen LogP contribution in [0.25, 0.3) is 117 Å². The van der Waals surface area contributed by atoms with Gasteiger partial charge in [0.2, 0.25) is 0 Å². The molecule has 0 aliphatic rings. The van der Waals surface area contributed by atoms with Crippen molar-refractivity contribution in [1.29, 1.82) is 0 Å². The molecular weight excluding hydrogens is 767 g/mol. The number of pyridine rings is 1. The van der Waals surface area contributed by atoms with Crippen molar-refractivity contribution < 1.29 is 0 Å². The standard InChI is InChI=1S/C58H37N5/c1-5-16-41(17-6-1)54-51-37-53-50(36-49(51)47-24-13-14-27-52(47)59-54)48-26-15-25-46(55(48)63(53)45-22-11-4-12-23-45)40-32-28-38(29-33-40)39-30-34-44(35-31-39)58-61-56(42-18-7-2-8-19-42)60-57(62-58)43-20-9-3-10-21-43/h1-37H. The number of nitrogens with zero attached hydrogens (tertiary/aromatic N) is 5. The number of para-hydroxylation sites is 3. The second-order valence-corrected chi connectivity index (χ2v) is 15.8. The van der Waals surface area contributed by atoms with Crippen molar-refractivity contribution in [2.24, 2.45) is 0 Å². The molecular formula is C58H37N5. The fourth-order valence-electron chi connectivity index (χ4n) is 9.00. The van der Waals surface area contributed by atoms with Gasteiger partial charge in [-0.15, -0.1) is 0 Å². The third-order valence-corrected chi connectivity index (χ3v) is 12.0. The monoisotopic (exact) mass is 803 g/mol. The zero-order valence-corrected chi connectivity index (χ0v) is 34.1. The van der Waals surface area contributed by atoms with Crippen LogP contribution in [0.5, 0.6) is 0 Å². The van der Waals surface area contributed by atoms with Gasteiger partial charge in [-0.3, -0.25) is 0 Å². The molecule has 9 aromatic carbocycles. The minimum Gasteiger partial charge on any atom is -0.309 e. The first-order valence-corrected chi connectivity index (χ1v) is 21.2. The summed E-state index contributed by atoms with van der Waals surface area (Å²) in [6, 6.07) is 78.8. The summed E-state index contributed by atoms with van der Waals surface area (Å²) >= 11 is 0. The van der Waals surface area contributed by atoms with Crippen LogP contribution in [-0.4, -0.2) is 24.5 Å². The summed E-state index contributed by atoms with van der Waals surface area (Å²) in [7, 11) is 0. The van der Waals surface area contributed by atoms with Crippen molar-refractivity contribution >= 4 is 43.5 Å². The Kier molecular flexibility index (Phi) is 8.75. The molecule has 0 aliphatic carbocycles. The number of fused-ring (bicyclic) bond motifs is 6. The first kappa shape index (κ1) is 36.3. The Labute approximate surface area is 364 Å². The topological polar surface area (TPSA) is 56.5 Å². The normalized spacial score (nSPS) is 11.5. The van der Waals surface area contributed by atoms with Crippen molar-refractivity contribution in [3.63, 3.8) is 0 Å². The molecule has 0 spiro atoms. The van der Waals surface area contributed by atoms with Gasteiger partial charge in [-0.05, 0) is 52.4 Å². The molecule has 5 nitrogen and oxygen atoms in total. The molecule has 5 heteroatoms. The molecule has 294 valence electrons. The molecule has 0 unspecified atom stereocenters. The maximum atomic E-state index is 5.27. The van der Waals surface area contributed by atoms with E-state index < -0.39 is 0 Å². The van der Waals surface area contributed by atoms with Gasteiger partial charge in [-0.1, -0.05) is 194 Å². The summed E-state index contributed by atoms with van der Waals surface area (Å²) in [6.45, 7) is 0. The summed E-state index contributed by atoms with van der Waals surface area (Å²) in [5.41, 5.74) is 13.9. The zero-order chi connectivity index (χ0) is 41.7. The highest BCUT2D eigenvalue weighted by Gasteiger charge is 2.20. The van der Waals surface area contributed by atoms with Crippen molar-refractivity contribution in [3.8, 4) is 73.4 Å². The van der Waals surface area contributed by atoms with Crippen LogP contribution in [0.4, 0.5) is 0 Å². The van der Waals surface area contributed by atoms with Gasteiger partial charge < -0.3 is 4.57 Å². The maximum absolute atomic E-state index is 5.27. The van der Waals surface area contributed by atoms with Gasteiger partial charge >= 0.3 is 0 Å². The number of hydrogen-bond donors (Lipinski definition) is 0. The Hall–Kier alpha value is -8.54. The molecule has 0 bridgehead atoms. The van der Waals surface area contributed by atoms with Gasteiger partial charge in [-0.2, -0.15) is 0 Å². The highest BCUT2D eigenvalue weighted by atomic mass is 15.0. The molecule has 63 heavy (non-hydrogen) atoms. The molecule has 12 rings (SSSR count). The summed E-state index contributed by atoms with van der Waals surface area (Å²) in [4.78, 5) is 20.0. The van der Waals surface area contributed by atoms with Crippen molar-refractivity contribution in [1.82, 2.24) is 24.5 Å². The molecule has 3 heterocycles. The van der Waals surface area contributed by atoms with E-state index in [2.05, 4.69) is 168 Å². The van der Waals surface area contributed by atoms with E-state index in [9.17, 15) is 0 Å². The average molecular weight is 804 g/mol. The minimum absolute atomic E-state index is 0.639. The molecule has 3 aromatic heterocycles. The summed E-state index contributed by atoms with van der Waals surface area (Å²) in [6.07, 6.45) is 0. The van der Waals surface area contributed by atoms with Crippen LogP contribution in [0.1, 0.15) is 0 Å². The predicted molar refractivity (Wildman–Crippen MR) is 260 cm³/mol. The zero-order valence-electron chi connectivity index (χ0n) is 34.1. The van der Waals surface area contributed by atoms with Gasteiger partial charge in [-0.25, -0.2) is 19.9 Å². The lowest BCUT2D eigenvalue weighted by atomic mass is 9.96. The van der Waals surface area contributed by atoms with Gasteiger partial charge in [0.25, 0.3) is 0 Å². The minimum atomic E-state index is 0.639. The van der Waals surface area contributed by atoms with Gasteiger partial charge in [0, 0.05) is 55.0 Å². The Morgan fingerprint density at radius 2 is 0.762 bits per heavy atom. The van der Waals surface area contributed by atoms with E-state index in [1.54, 1.807) is 0 Å². The molecule has 0 aliphatic heterocycles. The van der Waals surface area contributed by atoms with E-state index in [1.165, 1.54) is 27.2 Å². The molecule has 0 amide bonds. The molecule has 0 radical (unpaired) electrons. The largest absolute Gasteiger partial charge is 0.309 e. The third kappa shape index (κ3) is 6.42. The highest BCUT2D eigenvalue weighted by Crippen LogP contribution is 2.43. The Morgan fingerprint density at radius 3 is 1.37 bits per heavy atom. The number of hydrogen-bond acceptors (Lipinski definition) is 4. The van der Waals surface area contributed by atoms with E-state index in [-0.39, 0.29) is 0 Å². The predicted octanol–water partition coefficient (Wildman–Crippen LogP) is 14.7. The van der Waals surface area contributed by atoms with Crippen LogP contribution in [0.3, 0.4) is 0 Å². The van der Waals surface area contributed by atoms with Crippen LogP contribution >= 0.6 is 0 Å². The van der Waals surface area contributed by atoms with Gasteiger partial charge in [0.15, 0.2) is 17.5 Å². The van der Waals surface area contributed by atoms with E-state index in [1.807, 2.05) is 60.7 Å². The SMILES string of the molecule is c1ccc(-c2nc(-c3ccccc3)nc(-c3ccc(-c4ccc(-c5cccc6c7cc8c(cc7n(-c7ccccc7)c56)c(-c5ccccc5)nc5ccccc58)cc4)cc3)n2)cc1. The van der Waals surface area contributed by atoms with Gasteiger partial charge in [0.05, 0.1) is 22.2 Å². The van der Waals surface area contributed by atoms with Crippen molar-refractivity contribution in [2.75, 3.05) is 0 Å². The first-order chi connectivity index (χ1) is 31.2. The average Bonchev–Trinajstić information content (AvgIpc) is 3.70. The lowest BCUT2D eigenvalue weighted by Crippen LogP contribution is -2.00. The Bertz CT molecular complexity index is 3570. The fraction of sp³-hybridized carbons (Fsp3) is 0. The molecule has 0 N–H and O–H groups in total. The Morgan fingerprint density at radius 1 is 0.286 bits per heavy atom. The summed E-state index contributed by atoms with van der Waals surface area (Å²) in [5.74, 6) is 1.94. The molecule has 0 atom stereocenters. The summed E-state index contributed by atoms with van der Waals surface area (Å²) < 4.78 is 2.43. The lowest BCUT2D eigenvalue weighted by Gasteiger charge is -2.13.